The zero-order valence-electron chi connectivity index (χ0n) is 41.7. The fourth-order valence-electron chi connectivity index (χ4n) is 14.7. The van der Waals surface area contributed by atoms with Gasteiger partial charge < -0.3 is 39.6 Å². The van der Waals surface area contributed by atoms with Crippen LogP contribution in [0.2, 0.25) is 0 Å². The fraction of sp³-hybridized carbons (Fsp3) is 0.387. The SMILES string of the molecule is CNCc1cccc(-c2cc(O)cc3ccc(C4(C(=O)OC5CC(OC(C)=O)C6Cc7cc(OC)c(O)cc7C7CCC8Cc9cc(O)c(OC)cc9C(C5)C8C76C=Cc5ccccc5)CCCC4)cc23)c1. The van der Waals surface area contributed by atoms with Crippen molar-refractivity contribution in [1.82, 2.24) is 5.32 Å². The summed E-state index contributed by atoms with van der Waals surface area (Å²) < 4.78 is 25.3. The number of benzene rings is 6. The van der Waals surface area contributed by atoms with E-state index >= 15 is 4.79 Å². The van der Waals surface area contributed by atoms with E-state index in [2.05, 4.69) is 53.9 Å². The van der Waals surface area contributed by atoms with Gasteiger partial charge >= 0.3 is 11.9 Å². The summed E-state index contributed by atoms with van der Waals surface area (Å²) in [5.74, 6) is 0.172. The number of esters is 2. The molecule has 5 aliphatic rings. The second kappa shape index (κ2) is 19.0. The van der Waals surface area contributed by atoms with Gasteiger partial charge in [-0.1, -0.05) is 85.7 Å². The molecule has 11 rings (SSSR count). The number of fused-ring (bicyclic) bond motifs is 5. The van der Waals surface area contributed by atoms with Gasteiger partial charge in [-0.3, -0.25) is 9.59 Å². The molecule has 0 amide bonds. The third-order valence-electron chi connectivity index (χ3n) is 17.5. The number of rotatable bonds is 11. The van der Waals surface area contributed by atoms with E-state index < -0.39 is 29.0 Å². The molecule has 8 atom stereocenters. The van der Waals surface area contributed by atoms with Crippen molar-refractivity contribution in [3.63, 3.8) is 0 Å². The van der Waals surface area contributed by atoms with Crippen LogP contribution >= 0.6 is 0 Å². The van der Waals surface area contributed by atoms with Crippen LogP contribution in [0.25, 0.3) is 28.0 Å². The average molecular weight is 968 g/mol. The van der Waals surface area contributed by atoms with Gasteiger partial charge in [-0.2, -0.15) is 0 Å². The summed E-state index contributed by atoms with van der Waals surface area (Å²) in [4.78, 5) is 29.3. The van der Waals surface area contributed by atoms with Gasteiger partial charge in [0.05, 0.1) is 19.6 Å². The van der Waals surface area contributed by atoms with Gasteiger partial charge in [0.2, 0.25) is 0 Å². The Balaban J connectivity index is 1.06. The van der Waals surface area contributed by atoms with Crippen molar-refractivity contribution < 1.29 is 43.9 Å². The molecule has 10 nitrogen and oxygen atoms in total. The van der Waals surface area contributed by atoms with E-state index in [0.717, 1.165) is 92.9 Å². The number of ether oxygens (including phenoxy) is 4. The molecule has 0 spiro atoms. The van der Waals surface area contributed by atoms with Crippen molar-refractivity contribution in [2.75, 3.05) is 21.3 Å². The van der Waals surface area contributed by atoms with Gasteiger partial charge in [-0.25, -0.2) is 0 Å². The van der Waals surface area contributed by atoms with Crippen molar-refractivity contribution in [3.8, 4) is 39.9 Å². The zero-order valence-corrected chi connectivity index (χ0v) is 41.7. The maximum absolute atomic E-state index is 15.7. The minimum Gasteiger partial charge on any atom is -0.508 e. The average Bonchev–Trinajstić information content (AvgIpc) is 3.88. The lowest BCUT2D eigenvalue weighted by Crippen LogP contribution is -2.59. The lowest BCUT2D eigenvalue weighted by Gasteiger charge is -2.64. The molecule has 0 heterocycles. The number of carbonyl (C=O) groups is 2. The Morgan fingerprint density at radius 2 is 1.53 bits per heavy atom. The highest BCUT2D eigenvalue weighted by molar-refractivity contribution is 5.99. The number of allylic oxidation sites excluding steroid dienone is 1. The zero-order chi connectivity index (χ0) is 49.9. The lowest BCUT2D eigenvalue weighted by molar-refractivity contribution is -0.173. The number of phenols is 3. The molecule has 6 aromatic rings. The van der Waals surface area contributed by atoms with E-state index in [-0.39, 0.29) is 59.2 Å². The normalized spacial score (nSPS) is 25.9. The molecule has 372 valence electrons. The maximum atomic E-state index is 15.7. The second-order valence-corrected chi connectivity index (χ2v) is 21.3. The van der Waals surface area contributed by atoms with Crippen LogP contribution in [0.1, 0.15) is 109 Å². The molecule has 72 heavy (non-hydrogen) atoms. The Morgan fingerprint density at radius 1 is 0.764 bits per heavy atom. The number of hydrogen-bond donors (Lipinski definition) is 4. The van der Waals surface area contributed by atoms with Crippen LogP contribution in [-0.2, 0) is 43.9 Å². The summed E-state index contributed by atoms with van der Waals surface area (Å²) in [6, 6.07) is 36.2. The topological polar surface area (TPSA) is 144 Å². The van der Waals surface area contributed by atoms with Gasteiger partial charge in [0.15, 0.2) is 23.0 Å². The molecular weight excluding hydrogens is 903 g/mol. The molecule has 0 radical (unpaired) electrons. The van der Waals surface area contributed by atoms with E-state index in [1.807, 2.05) is 73.8 Å². The summed E-state index contributed by atoms with van der Waals surface area (Å²) in [5, 5.41) is 38.8. The highest BCUT2D eigenvalue weighted by Gasteiger charge is 2.64. The molecule has 0 aromatic heterocycles. The molecule has 8 unspecified atom stereocenters. The smallest absolute Gasteiger partial charge is 0.316 e. The Hall–Kier alpha value is -6.78. The second-order valence-electron chi connectivity index (χ2n) is 21.3. The van der Waals surface area contributed by atoms with E-state index in [1.54, 1.807) is 20.3 Å². The van der Waals surface area contributed by atoms with E-state index in [1.165, 1.54) is 6.92 Å². The van der Waals surface area contributed by atoms with Crippen molar-refractivity contribution in [1.29, 1.82) is 0 Å². The number of methoxy groups -OCH3 is 2. The Labute approximate surface area is 422 Å². The Kier molecular flexibility index (Phi) is 12.5. The highest BCUT2D eigenvalue weighted by atomic mass is 16.6. The van der Waals surface area contributed by atoms with Crippen LogP contribution in [0, 0.1) is 23.2 Å². The molecule has 0 saturated heterocycles. The standard InChI is InChI=1S/C62H65NO9/c1-36(64)71-56-32-46(72-60(68)61(20-8-9-21-61)44-17-15-40-25-45(65)30-48(47(40)29-44)39-14-10-13-38(23-39)35-63-2)31-51-49-34-58(70-4)54(66)27-42(49)24-41-16-18-52-50-33-55(67)57(69-3)28-43(50)26-53(56)62(52,59(41)51)22-19-37-11-6-5-7-12-37/h5-7,10-15,17,19,22-23,25,27-30,33-34,41,46,51-53,56,59,63,65-67H,8-9,16,18,20-21,24,26,31-32,35H2,1-4H3. The van der Waals surface area contributed by atoms with Crippen molar-refractivity contribution in [3.05, 3.63) is 154 Å². The minimum atomic E-state index is -0.931. The summed E-state index contributed by atoms with van der Waals surface area (Å²) >= 11 is 0. The molecular formula is C62H65NO9. The molecule has 0 aliphatic heterocycles. The van der Waals surface area contributed by atoms with Crippen molar-refractivity contribution in [2.45, 2.75) is 107 Å². The largest absolute Gasteiger partial charge is 0.508 e. The van der Waals surface area contributed by atoms with Gasteiger partial charge in [-0.15, -0.1) is 0 Å². The Morgan fingerprint density at radius 3 is 2.29 bits per heavy atom. The van der Waals surface area contributed by atoms with E-state index in [0.29, 0.717) is 43.7 Å². The van der Waals surface area contributed by atoms with Crippen LogP contribution in [0.15, 0.2) is 115 Å². The van der Waals surface area contributed by atoms with Crippen LogP contribution in [0.4, 0.5) is 0 Å². The predicted molar refractivity (Wildman–Crippen MR) is 278 cm³/mol. The molecule has 4 N–H and O–H groups in total. The number of hydrogen-bond acceptors (Lipinski definition) is 10. The van der Waals surface area contributed by atoms with Crippen LogP contribution < -0.4 is 14.8 Å². The predicted octanol–water partition coefficient (Wildman–Crippen LogP) is 11.8. The van der Waals surface area contributed by atoms with Crippen LogP contribution in [0.3, 0.4) is 0 Å². The lowest BCUT2D eigenvalue weighted by atomic mass is 9.40. The number of aromatic hydroxyl groups is 3. The monoisotopic (exact) mass is 967 g/mol. The van der Waals surface area contributed by atoms with Crippen molar-refractivity contribution >= 4 is 28.8 Å². The third-order valence-corrected chi connectivity index (χ3v) is 17.5. The quantitative estimate of drug-likeness (QED) is 0.0927. The van der Waals surface area contributed by atoms with Gasteiger partial charge in [0.1, 0.15) is 18.0 Å². The van der Waals surface area contributed by atoms with Gasteiger partial charge in [-0.05, 0) is 185 Å². The first kappa shape index (κ1) is 47.5. The van der Waals surface area contributed by atoms with E-state index in [9.17, 15) is 20.1 Å². The summed E-state index contributed by atoms with van der Waals surface area (Å²) in [5.41, 5.74) is 7.70. The number of carbonyl (C=O) groups excluding carboxylic acids is 2. The molecule has 5 aliphatic carbocycles. The maximum Gasteiger partial charge on any atom is 0.316 e. The Bertz CT molecular complexity index is 3080. The third kappa shape index (κ3) is 8.16. The first-order chi connectivity index (χ1) is 34.9. The van der Waals surface area contributed by atoms with Crippen LogP contribution in [0.5, 0.6) is 28.7 Å². The highest BCUT2D eigenvalue weighted by Crippen LogP contribution is 2.70. The minimum absolute atomic E-state index is 0.0257. The summed E-state index contributed by atoms with van der Waals surface area (Å²) in [7, 11) is 5.07. The summed E-state index contributed by atoms with van der Waals surface area (Å²) in [6.07, 6.45) is 10.1. The van der Waals surface area contributed by atoms with Crippen molar-refractivity contribution in [2.24, 2.45) is 23.2 Å². The van der Waals surface area contributed by atoms with Gasteiger partial charge in [0, 0.05) is 31.2 Å². The summed E-state index contributed by atoms with van der Waals surface area (Å²) in [6.45, 7) is 2.18. The number of phenolic OH excluding ortho intramolecular Hbond substituents is 3. The van der Waals surface area contributed by atoms with E-state index in [4.69, 9.17) is 18.9 Å². The molecule has 10 heteroatoms. The molecule has 0 bridgehead atoms. The van der Waals surface area contributed by atoms with Crippen LogP contribution in [-0.4, -0.2) is 60.7 Å². The molecule has 3 saturated carbocycles. The number of nitrogens with one attached hydrogen (secondary N) is 1. The first-order valence-corrected chi connectivity index (χ1v) is 25.9. The molecule has 6 aromatic carbocycles. The van der Waals surface area contributed by atoms with Gasteiger partial charge in [0.25, 0.3) is 0 Å². The first-order valence-electron chi connectivity index (χ1n) is 25.9. The fourth-order valence-corrected chi connectivity index (χ4v) is 14.7. The molecule has 3 fully saturated rings.